The van der Waals surface area contributed by atoms with Gasteiger partial charge in [-0.15, -0.1) is 0 Å². The molecule has 1 heterocycles. The Morgan fingerprint density at radius 3 is 2.76 bits per heavy atom. The topological polar surface area (TPSA) is 65.9 Å². The van der Waals surface area contributed by atoms with Crippen molar-refractivity contribution >= 4 is 5.96 Å². The van der Waals surface area contributed by atoms with E-state index in [1.165, 1.54) is 11.1 Å². The molecule has 0 radical (unpaired) electrons. The number of nitrogens with zero attached hydrogens (tertiary/aromatic N) is 1. The standard InChI is InChI=1S/C20H33N3O2/c1-4-21-20(22-12-16(3)14-24)23-13-18-6-5-11-25-19(18)17-9-7-15(2)8-10-17/h7-10,16,18-19,24H,4-6,11-14H2,1-3H3,(H2,21,22,23). The number of benzene rings is 1. The van der Waals surface area contributed by atoms with E-state index in [2.05, 4.69) is 53.7 Å². The molecule has 3 atom stereocenters. The lowest BCUT2D eigenvalue weighted by Gasteiger charge is -2.32. The molecule has 0 aliphatic carbocycles. The predicted molar refractivity (Wildman–Crippen MR) is 103 cm³/mol. The summed E-state index contributed by atoms with van der Waals surface area (Å²) in [5.41, 5.74) is 2.53. The van der Waals surface area contributed by atoms with Crippen LogP contribution in [0.2, 0.25) is 0 Å². The maximum atomic E-state index is 9.16. The SMILES string of the molecule is CCNC(=NCC(C)CO)NCC1CCCOC1c1ccc(C)cc1. The smallest absolute Gasteiger partial charge is 0.191 e. The third kappa shape index (κ3) is 6.33. The normalized spacial score (nSPS) is 22.5. The Bertz CT molecular complexity index is 530. The molecule has 1 fully saturated rings. The number of guanidine groups is 1. The van der Waals surface area contributed by atoms with Gasteiger partial charge in [-0.2, -0.15) is 0 Å². The van der Waals surface area contributed by atoms with Crippen LogP contribution in [0.5, 0.6) is 0 Å². The average Bonchev–Trinajstić information content (AvgIpc) is 2.64. The number of rotatable bonds is 7. The number of aliphatic imine (C=N–C) groups is 1. The van der Waals surface area contributed by atoms with Gasteiger partial charge in [0, 0.05) is 38.8 Å². The van der Waals surface area contributed by atoms with Crippen molar-refractivity contribution in [1.29, 1.82) is 0 Å². The zero-order valence-electron chi connectivity index (χ0n) is 15.8. The molecule has 0 amide bonds. The van der Waals surface area contributed by atoms with Crippen molar-refractivity contribution in [2.24, 2.45) is 16.8 Å². The Hall–Kier alpha value is -1.59. The number of hydrogen-bond acceptors (Lipinski definition) is 3. The molecule has 1 saturated heterocycles. The highest BCUT2D eigenvalue weighted by Gasteiger charge is 2.27. The van der Waals surface area contributed by atoms with Crippen molar-refractivity contribution in [3.8, 4) is 0 Å². The minimum absolute atomic E-state index is 0.140. The summed E-state index contributed by atoms with van der Waals surface area (Å²) in [6, 6.07) is 8.67. The first-order chi connectivity index (χ1) is 12.1. The molecule has 0 aromatic heterocycles. The Morgan fingerprint density at radius 2 is 2.08 bits per heavy atom. The first-order valence-electron chi connectivity index (χ1n) is 9.45. The molecular weight excluding hydrogens is 314 g/mol. The van der Waals surface area contributed by atoms with Crippen LogP contribution in [0, 0.1) is 18.8 Å². The number of aryl methyl sites for hydroxylation is 1. The average molecular weight is 348 g/mol. The van der Waals surface area contributed by atoms with Crippen molar-refractivity contribution in [2.75, 3.05) is 32.8 Å². The van der Waals surface area contributed by atoms with E-state index in [4.69, 9.17) is 9.84 Å². The van der Waals surface area contributed by atoms with E-state index < -0.39 is 0 Å². The molecule has 1 aliphatic rings. The van der Waals surface area contributed by atoms with Gasteiger partial charge >= 0.3 is 0 Å². The minimum Gasteiger partial charge on any atom is -0.396 e. The maximum absolute atomic E-state index is 9.16. The summed E-state index contributed by atoms with van der Waals surface area (Å²) in [6.07, 6.45) is 2.39. The van der Waals surface area contributed by atoms with Crippen molar-refractivity contribution in [3.63, 3.8) is 0 Å². The van der Waals surface area contributed by atoms with Gasteiger partial charge in [-0.25, -0.2) is 0 Å². The second-order valence-electron chi connectivity index (χ2n) is 6.99. The summed E-state index contributed by atoms with van der Waals surface area (Å²) >= 11 is 0. The van der Waals surface area contributed by atoms with Crippen LogP contribution in [-0.4, -0.2) is 43.9 Å². The van der Waals surface area contributed by atoms with Crippen LogP contribution in [0.4, 0.5) is 0 Å². The molecule has 1 aromatic rings. The lowest BCUT2D eigenvalue weighted by atomic mass is 9.89. The van der Waals surface area contributed by atoms with E-state index in [0.717, 1.165) is 38.5 Å². The van der Waals surface area contributed by atoms with E-state index in [1.807, 2.05) is 6.92 Å². The van der Waals surface area contributed by atoms with Gasteiger partial charge in [0.25, 0.3) is 0 Å². The molecule has 1 aromatic carbocycles. The fourth-order valence-electron chi connectivity index (χ4n) is 3.05. The lowest BCUT2D eigenvalue weighted by Crippen LogP contribution is -2.42. The van der Waals surface area contributed by atoms with Crippen molar-refractivity contribution in [3.05, 3.63) is 35.4 Å². The second-order valence-corrected chi connectivity index (χ2v) is 6.99. The number of nitrogens with one attached hydrogen (secondary N) is 2. The summed E-state index contributed by atoms with van der Waals surface area (Å²) in [5, 5.41) is 15.9. The Balaban J connectivity index is 1.98. The van der Waals surface area contributed by atoms with Crippen LogP contribution in [0.25, 0.3) is 0 Å². The summed E-state index contributed by atoms with van der Waals surface area (Å²) in [7, 11) is 0. The molecule has 1 aliphatic heterocycles. The van der Waals surface area contributed by atoms with E-state index in [-0.39, 0.29) is 18.6 Å². The summed E-state index contributed by atoms with van der Waals surface area (Å²) in [5.74, 6) is 1.42. The highest BCUT2D eigenvalue weighted by atomic mass is 16.5. The molecule has 3 N–H and O–H groups in total. The van der Waals surface area contributed by atoms with Crippen LogP contribution < -0.4 is 10.6 Å². The van der Waals surface area contributed by atoms with Gasteiger partial charge in [-0.05, 0) is 38.2 Å². The van der Waals surface area contributed by atoms with Crippen LogP contribution in [0.15, 0.2) is 29.3 Å². The van der Waals surface area contributed by atoms with Crippen LogP contribution >= 0.6 is 0 Å². The molecule has 140 valence electrons. The molecule has 5 heteroatoms. The predicted octanol–water partition coefficient (Wildman–Crippen LogP) is 2.65. The quantitative estimate of drug-likeness (QED) is 0.524. The highest BCUT2D eigenvalue weighted by Crippen LogP contribution is 2.33. The molecule has 0 saturated carbocycles. The fraction of sp³-hybridized carbons (Fsp3) is 0.650. The van der Waals surface area contributed by atoms with Gasteiger partial charge in [-0.3, -0.25) is 4.99 Å². The minimum atomic E-state index is 0.140. The van der Waals surface area contributed by atoms with E-state index in [9.17, 15) is 0 Å². The van der Waals surface area contributed by atoms with Crippen LogP contribution in [0.1, 0.15) is 43.9 Å². The molecule has 5 nitrogen and oxygen atoms in total. The monoisotopic (exact) mass is 347 g/mol. The first-order valence-corrected chi connectivity index (χ1v) is 9.45. The summed E-state index contributed by atoms with van der Waals surface area (Å²) in [4.78, 5) is 4.57. The number of ether oxygens (including phenoxy) is 1. The van der Waals surface area contributed by atoms with Crippen molar-refractivity contribution < 1.29 is 9.84 Å². The van der Waals surface area contributed by atoms with E-state index in [0.29, 0.717) is 12.5 Å². The Kier molecular flexibility index (Phi) is 8.22. The second kappa shape index (κ2) is 10.4. The van der Waals surface area contributed by atoms with Gasteiger partial charge in [0.05, 0.1) is 6.10 Å². The Morgan fingerprint density at radius 1 is 1.32 bits per heavy atom. The molecule has 25 heavy (non-hydrogen) atoms. The van der Waals surface area contributed by atoms with Crippen LogP contribution in [-0.2, 0) is 4.74 Å². The lowest BCUT2D eigenvalue weighted by molar-refractivity contribution is -0.0265. The van der Waals surface area contributed by atoms with Gasteiger partial charge < -0.3 is 20.5 Å². The maximum Gasteiger partial charge on any atom is 0.191 e. The number of aliphatic hydroxyl groups excluding tert-OH is 1. The van der Waals surface area contributed by atoms with Gasteiger partial charge in [0.1, 0.15) is 0 Å². The zero-order chi connectivity index (χ0) is 18.1. The van der Waals surface area contributed by atoms with Crippen LogP contribution in [0.3, 0.4) is 0 Å². The molecular formula is C20H33N3O2. The highest BCUT2D eigenvalue weighted by molar-refractivity contribution is 5.79. The van der Waals surface area contributed by atoms with Gasteiger partial charge in [-0.1, -0.05) is 36.8 Å². The van der Waals surface area contributed by atoms with Gasteiger partial charge in [0.2, 0.25) is 0 Å². The number of hydrogen-bond donors (Lipinski definition) is 3. The summed E-state index contributed by atoms with van der Waals surface area (Å²) in [6.45, 7) is 9.43. The third-order valence-corrected chi connectivity index (χ3v) is 4.60. The first kappa shape index (κ1) is 19.7. The summed E-state index contributed by atoms with van der Waals surface area (Å²) < 4.78 is 6.09. The number of aliphatic hydroxyl groups is 1. The zero-order valence-corrected chi connectivity index (χ0v) is 15.8. The van der Waals surface area contributed by atoms with E-state index >= 15 is 0 Å². The fourth-order valence-corrected chi connectivity index (χ4v) is 3.05. The van der Waals surface area contributed by atoms with E-state index in [1.54, 1.807) is 0 Å². The largest absolute Gasteiger partial charge is 0.396 e. The third-order valence-electron chi connectivity index (χ3n) is 4.60. The molecule has 0 spiro atoms. The Labute approximate surface area is 151 Å². The molecule has 2 rings (SSSR count). The molecule has 3 unspecified atom stereocenters. The van der Waals surface area contributed by atoms with Gasteiger partial charge in [0.15, 0.2) is 5.96 Å². The molecule has 0 bridgehead atoms. The van der Waals surface area contributed by atoms with Crippen molar-refractivity contribution in [2.45, 2.75) is 39.7 Å². The van der Waals surface area contributed by atoms with Crippen molar-refractivity contribution in [1.82, 2.24) is 10.6 Å².